The molecule has 4 aromatic carbocycles. The van der Waals surface area contributed by atoms with E-state index >= 15 is 0 Å². The van der Waals surface area contributed by atoms with Crippen molar-refractivity contribution in [2.75, 3.05) is 0 Å². The van der Waals surface area contributed by atoms with Crippen LogP contribution in [0.1, 0.15) is 79.2 Å². The third kappa shape index (κ3) is 5.74. The van der Waals surface area contributed by atoms with E-state index in [4.69, 9.17) is 0 Å². The Morgan fingerprint density at radius 2 is 1.33 bits per heavy atom. The predicted octanol–water partition coefficient (Wildman–Crippen LogP) is 14.1. The maximum Gasteiger partial charge on any atom is 0.0534 e. The molecule has 5 unspecified atom stereocenters. The van der Waals surface area contributed by atoms with Crippen LogP contribution in [0.5, 0.6) is 0 Å². The Balaban J connectivity index is 1.03. The Morgan fingerprint density at radius 3 is 2.11 bits per heavy atom. The van der Waals surface area contributed by atoms with Gasteiger partial charge in [-0.2, -0.15) is 0 Å². The first-order valence-electron chi connectivity index (χ1n) is 21.0. The zero-order chi connectivity index (χ0) is 36.3. The van der Waals surface area contributed by atoms with Crippen LogP contribution >= 0.6 is 0 Å². The second kappa shape index (κ2) is 13.7. The third-order valence-corrected chi connectivity index (χ3v) is 13.8. The normalized spacial score (nSPS) is 25.1. The number of benzene rings is 4. The fourth-order valence-corrected chi connectivity index (χ4v) is 10.9. The number of aryl methyl sites for hydroxylation is 1. The van der Waals surface area contributed by atoms with Crippen LogP contribution in [0.3, 0.4) is 0 Å². The van der Waals surface area contributed by atoms with Crippen molar-refractivity contribution in [1.29, 1.82) is 0 Å². The summed E-state index contributed by atoms with van der Waals surface area (Å²) in [6, 6.07) is 28.7. The minimum absolute atomic E-state index is 0.422. The van der Waals surface area contributed by atoms with Crippen molar-refractivity contribution in [2.45, 2.75) is 69.6 Å². The minimum atomic E-state index is 0.422. The summed E-state index contributed by atoms with van der Waals surface area (Å²) in [6.45, 7) is 0. The van der Waals surface area contributed by atoms with E-state index < -0.39 is 0 Å². The van der Waals surface area contributed by atoms with E-state index in [1.54, 1.807) is 5.57 Å². The van der Waals surface area contributed by atoms with Gasteiger partial charge in [-0.25, -0.2) is 0 Å². The molecule has 0 bridgehead atoms. The molecule has 0 N–H and O–H groups in total. The molecule has 0 spiro atoms. The van der Waals surface area contributed by atoms with Gasteiger partial charge in [-0.3, -0.25) is 0 Å². The molecule has 0 aliphatic heterocycles. The van der Waals surface area contributed by atoms with Gasteiger partial charge >= 0.3 is 0 Å². The fraction of sp³-hybridized carbons (Fsp3) is 0.259. The zero-order valence-electron chi connectivity index (χ0n) is 31.7. The Hall–Kier alpha value is -5.40. The molecule has 0 radical (unpaired) electrons. The average molecular weight is 712 g/mol. The number of aromatic nitrogens is 1. The molecule has 0 saturated heterocycles. The maximum absolute atomic E-state index is 2.72. The van der Waals surface area contributed by atoms with Crippen LogP contribution in [0.4, 0.5) is 0 Å². The van der Waals surface area contributed by atoms with Crippen molar-refractivity contribution in [3.8, 4) is 22.3 Å². The van der Waals surface area contributed by atoms with Gasteiger partial charge in [0, 0.05) is 40.1 Å². The monoisotopic (exact) mass is 711 g/mol. The summed E-state index contributed by atoms with van der Waals surface area (Å²) in [5.41, 5.74) is 16.0. The highest BCUT2D eigenvalue weighted by Crippen LogP contribution is 2.50. The van der Waals surface area contributed by atoms with Gasteiger partial charge < -0.3 is 4.57 Å². The van der Waals surface area contributed by atoms with Crippen molar-refractivity contribution in [3.63, 3.8) is 0 Å². The molecular weight excluding hydrogens is 663 g/mol. The minimum Gasteiger partial charge on any atom is -0.317 e. The molecule has 1 aromatic heterocycles. The van der Waals surface area contributed by atoms with Crippen LogP contribution < -0.4 is 0 Å². The molecule has 6 aliphatic carbocycles. The number of hydrogen-bond donors (Lipinski definition) is 0. The molecule has 1 heterocycles. The number of allylic oxidation sites excluding steroid dienone is 16. The third-order valence-electron chi connectivity index (χ3n) is 13.8. The number of hydrogen-bond acceptors (Lipinski definition) is 0. The van der Waals surface area contributed by atoms with Gasteiger partial charge in [0.1, 0.15) is 0 Å². The summed E-state index contributed by atoms with van der Waals surface area (Å²) >= 11 is 0. The molecule has 270 valence electrons. The van der Waals surface area contributed by atoms with Crippen LogP contribution in [0.2, 0.25) is 0 Å². The SMILES string of the molecule is C1=CCC(c2ccc(-c3cc4c(c5ccccc35)-c3c(n(C5=CCC(C6=CC7C=CC=CC7CC6)CC5)c5ccc(C6C=CC=CC6)cc35)CC4)cc2)C=C1. The first kappa shape index (κ1) is 33.0. The van der Waals surface area contributed by atoms with Crippen LogP contribution in [-0.2, 0) is 12.8 Å². The van der Waals surface area contributed by atoms with Crippen LogP contribution in [0, 0.1) is 17.8 Å². The van der Waals surface area contributed by atoms with Crippen molar-refractivity contribution in [1.82, 2.24) is 4.57 Å². The number of fused-ring (bicyclic) bond motifs is 8. The highest BCUT2D eigenvalue weighted by molar-refractivity contribution is 6.13. The lowest BCUT2D eigenvalue weighted by molar-refractivity contribution is 0.433. The molecule has 6 aliphatic rings. The number of nitrogens with zero attached hydrogens (tertiary/aromatic N) is 1. The van der Waals surface area contributed by atoms with Crippen molar-refractivity contribution in [3.05, 3.63) is 186 Å². The quantitative estimate of drug-likeness (QED) is 0.160. The molecule has 5 aromatic rings. The Bertz CT molecular complexity index is 2590. The van der Waals surface area contributed by atoms with Gasteiger partial charge in [0.25, 0.3) is 0 Å². The highest BCUT2D eigenvalue weighted by Gasteiger charge is 2.31. The first-order valence-corrected chi connectivity index (χ1v) is 21.0. The highest BCUT2D eigenvalue weighted by atomic mass is 15.0. The predicted molar refractivity (Wildman–Crippen MR) is 233 cm³/mol. The Kier molecular flexibility index (Phi) is 8.22. The second-order valence-corrected chi connectivity index (χ2v) is 16.8. The van der Waals surface area contributed by atoms with Gasteiger partial charge in [0.15, 0.2) is 0 Å². The molecule has 0 fully saturated rings. The zero-order valence-corrected chi connectivity index (χ0v) is 31.7. The van der Waals surface area contributed by atoms with Crippen LogP contribution in [0.25, 0.3) is 49.6 Å². The first-order chi connectivity index (χ1) is 27.3. The van der Waals surface area contributed by atoms with Gasteiger partial charge in [0.2, 0.25) is 0 Å². The second-order valence-electron chi connectivity index (χ2n) is 16.8. The summed E-state index contributed by atoms with van der Waals surface area (Å²) in [4.78, 5) is 0. The largest absolute Gasteiger partial charge is 0.317 e. The van der Waals surface area contributed by atoms with E-state index in [2.05, 4.69) is 162 Å². The molecular formula is C54H49N. The topological polar surface area (TPSA) is 4.93 Å². The molecule has 11 rings (SSSR count). The standard InChI is InChI=1S/C54H49N/c1-3-11-36(12-4-1)39-19-22-41(23-20-39)49-35-45-28-32-52-54(53(45)48-18-10-9-17-47(48)49)50-34-44(37-13-5-2-6-14-37)27-31-51(50)55(52)46-29-25-40(26-30-46)43-24-21-38-15-7-8-16-42(38)33-43/h1-11,13,15-20,22-23,27,29,31,33-38,40,42H,12,14,21,24-26,28,30,32H2. The molecule has 1 nitrogen and oxygen atoms in total. The van der Waals surface area contributed by atoms with Crippen molar-refractivity contribution >= 4 is 27.4 Å². The van der Waals surface area contributed by atoms with E-state index in [9.17, 15) is 0 Å². The average Bonchev–Trinajstić information content (AvgIpc) is 3.60. The lowest BCUT2D eigenvalue weighted by Gasteiger charge is -2.33. The van der Waals surface area contributed by atoms with Crippen molar-refractivity contribution < 1.29 is 0 Å². The fourth-order valence-electron chi connectivity index (χ4n) is 10.9. The van der Waals surface area contributed by atoms with Crippen LogP contribution in [0.15, 0.2) is 163 Å². The smallest absolute Gasteiger partial charge is 0.0534 e. The molecule has 5 atom stereocenters. The molecule has 0 saturated carbocycles. The van der Waals surface area contributed by atoms with Gasteiger partial charge in [-0.15, -0.1) is 0 Å². The van der Waals surface area contributed by atoms with E-state index in [0.29, 0.717) is 29.6 Å². The van der Waals surface area contributed by atoms with E-state index in [1.807, 2.05) is 0 Å². The summed E-state index contributed by atoms with van der Waals surface area (Å²) in [5, 5.41) is 4.16. The molecule has 0 amide bonds. The van der Waals surface area contributed by atoms with E-state index in [0.717, 1.165) is 38.5 Å². The lowest BCUT2D eigenvalue weighted by atomic mass is 9.73. The Labute approximate surface area is 326 Å². The van der Waals surface area contributed by atoms with E-state index in [-0.39, 0.29) is 0 Å². The molecule has 1 heteroatoms. The summed E-state index contributed by atoms with van der Waals surface area (Å²) < 4.78 is 2.72. The van der Waals surface area contributed by atoms with Gasteiger partial charge in [-0.1, -0.05) is 145 Å². The summed E-state index contributed by atoms with van der Waals surface area (Å²) in [6.07, 6.45) is 43.1. The van der Waals surface area contributed by atoms with Gasteiger partial charge in [-0.05, 0) is 132 Å². The summed E-state index contributed by atoms with van der Waals surface area (Å²) in [7, 11) is 0. The van der Waals surface area contributed by atoms with E-state index in [1.165, 1.54) is 91.3 Å². The maximum atomic E-state index is 2.72. The summed E-state index contributed by atoms with van der Waals surface area (Å²) in [5.74, 6) is 2.85. The Morgan fingerprint density at radius 1 is 0.564 bits per heavy atom. The van der Waals surface area contributed by atoms with Gasteiger partial charge in [0.05, 0.1) is 5.52 Å². The molecule has 55 heavy (non-hydrogen) atoms. The van der Waals surface area contributed by atoms with Crippen LogP contribution in [-0.4, -0.2) is 4.57 Å². The lowest BCUT2D eigenvalue weighted by Crippen LogP contribution is -2.20. The number of rotatable bonds is 5. The van der Waals surface area contributed by atoms with Crippen molar-refractivity contribution in [2.24, 2.45) is 17.8 Å².